The van der Waals surface area contributed by atoms with E-state index < -0.39 is 4.92 Å². The molecule has 1 heterocycles. The summed E-state index contributed by atoms with van der Waals surface area (Å²) in [6, 6.07) is 4.64. The van der Waals surface area contributed by atoms with Gasteiger partial charge in [0, 0.05) is 17.5 Å². The maximum atomic E-state index is 10.6. The highest BCUT2D eigenvalue weighted by Gasteiger charge is 2.09. The first-order valence-corrected chi connectivity index (χ1v) is 5.21. The molecule has 0 spiro atoms. The van der Waals surface area contributed by atoms with E-state index in [-0.39, 0.29) is 5.69 Å². The van der Waals surface area contributed by atoms with Crippen molar-refractivity contribution in [1.82, 2.24) is 10.2 Å². The molecular formula is C11H12N4O2. The quantitative estimate of drug-likeness (QED) is 0.620. The second kappa shape index (κ2) is 4.75. The molecule has 6 nitrogen and oxygen atoms in total. The van der Waals surface area contributed by atoms with E-state index in [0.717, 1.165) is 17.5 Å². The van der Waals surface area contributed by atoms with E-state index in [4.69, 9.17) is 5.73 Å². The van der Waals surface area contributed by atoms with Crippen molar-refractivity contribution in [3.63, 3.8) is 0 Å². The number of fused-ring (bicyclic) bond motifs is 1. The van der Waals surface area contributed by atoms with Crippen molar-refractivity contribution in [2.45, 2.75) is 6.42 Å². The van der Waals surface area contributed by atoms with Crippen molar-refractivity contribution in [2.75, 3.05) is 6.54 Å². The number of aromatic nitrogens is 2. The van der Waals surface area contributed by atoms with Crippen LogP contribution < -0.4 is 5.73 Å². The van der Waals surface area contributed by atoms with Crippen molar-refractivity contribution in [3.05, 3.63) is 40.1 Å². The average Bonchev–Trinajstić information content (AvgIpc) is 2.72. The summed E-state index contributed by atoms with van der Waals surface area (Å²) in [5.74, 6) is 0. The van der Waals surface area contributed by atoms with Crippen molar-refractivity contribution in [1.29, 1.82) is 0 Å². The number of non-ortho nitro benzene ring substituents is 1. The number of hydrogen-bond acceptors (Lipinski definition) is 4. The van der Waals surface area contributed by atoms with Gasteiger partial charge in [-0.05, 0) is 25.1 Å². The van der Waals surface area contributed by atoms with Crippen molar-refractivity contribution in [2.24, 2.45) is 5.73 Å². The number of nitrogens with zero attached hydrogens (tertiary/aromatic N) is 2. The molecule has 2 rings (SSSR count). The Morgan fingerprint density at radius 2 is 2.35 bits per heavy atom. The number of benzene rings is 1. The van der Waals surface area contributed by atoms with Gasteiger partial charge < -0.3 is 5.73 Å². The summed E-state index contributed by atoms with van der Waals surface area (Å²) in [6.45, 7) is 0.588. The molecule has 0 atom stereocenters. The molecule has 17 heavy (non-hydrogen) atoms. The normalized spacial score (nSPS) is 11.4. The number of nitrogens with one attached hydrogen (secondary N) is 1. The van der Waals surface area contributed by atoms with Crippen LogP contribution in [0.5, 0.6) is 0 Å². The fourth-order valence-electron chi connectivity index (χ4n) is 1.56. The largest absolute Gasteiger partial charge is 0.330 e. The summed E-state index contributed by atoms with van der Waals surface area (Å²) in [5.41, 5.74) is 6.86. The van der Waals surface area contributed by atoms with Gasteiger partial charge in [-0.25, -0.2) is 0 Å². The first kappa shape index (κ1) is 11.3. The molecule has 0 fully saturated rings. The topological polar surface area (TPSA) is 97.8 Å². The number of aromatic amines is 1. The Kier molecular flexibility index (Phi) is 3.15. The molecule has 0 saturated carbocycles. The van der Waals surface area contributed by atoms with Gasteiger partial charge in [0.2, 0.25) is 0 Å². The van der Waals surface area contributed by atoms with E-state index in [9.17, 15) is 10.1 Å². The van der Waals surface area contributed by atoms with Crippen LogP contribution in [-0.4, -0.2) is 21.7 Å². The predicted octanol–water partition coefficient (Wildman–Crippen LogP) is 1.83. The van der Waals surface area contributed by atoms with E-state index in [0.29, 0.717) is 12.1 Å². The van der Waals surface area contributed by atoms with Gasteiger partial charge in [0.05, 0.1) is 16.1 Å². The first-order valence-electron chi connectivity index (χ1n) is 5.21. The molecule has 0 aliphatic carbocycles. The van der Waals surface area contributed by atoms with Gasteiger partial charge >= 0.3 is 0 Å². The van der Waals surface area contributed by atoms with Crippen LogP contribution in [0.3, 0.4) is 0 Å². The molecule has 1 aromatic carbocycles. The molecule has 6 heteroatoms. The number of rotatable bonds is 4. The van der Waals surface area contributed by atoms with E-state index >= 15 is 0 Å². The van der Waals surface area contributed by atoms with Crippen LogP contribution in [0.1, 0.15) is 12.1 Å². The molecule has 88 valence electrons. The fraction of sp³-hybridized carbons (Fsp3) is 0.182. The monoisotopic (exact) mass is 232 g/mol. The second-order valence-electron chi connectivity index (χ2n) is 3.58. The lowest BCUT2D eigenvalue weighted by atomic mass is 10.2. The van der Waals surface area contributed by atoms with Crippen LogP contribution in [0.15, 0.2) is 24.3 Å². The van der Waals surface area contributed by atoms with Crippen LogP contribution in [0.25, 0.3) is 17.0 Å². The summed E-state index contributed by atoms with van der Waals surface area (Å²) in [6.07, 6.45) is 4.57. The zero-order valence-corrected chi connectivity index (χ0v) is 9.09. The summed E-state index contributed by atoms with van der Waals surface area (Å²) in [4.78, 5) is 10.2. The molecule has 0 aliphatic heterocycles. The highest BCUT2D eigenvalue weighted by atomic mass is 16.6. The Morgan fingerprint density at radius 3 is 3.06 bits per heavy atom. The molecule has 3 N–H and O–H groups in total. The molecule has 0 saturated heterocycles. The zero-order chi connectivity index (χ0) is 12.3. The summed E-state index contributed by atoms with van der Waals surface area (Å²) < 4.78 is 0. The number of nitro groups is 1. The van der Waals surface area contributed by atoms with Gasteiger partial charge in [-0.2, -0.15) is 5.10 Å². The Hall–Kier alpha value is -2.21. The van der Waals surface area contributed by atoms with Gasteiger partial charge in [0.15, 0.2) is 0 Å². The highest BCUT2D eigenvalue weighted by Crippen LogP contribution is 2.22. The molecule has 0 unspecified atom stereocenters. The Morgan fingerprint density at radius 1 is 1.53 bits per heavy atom. The molecule has 0 bridgehead atoms. The lowest BCUT2D eigenvalue weighted by Crippen LogP contribution is -1.94. The minimum atomic E-state index is -0.426. The molecule has 0 aliphatic rings. The summed E-state index contributed by atoms with van der Waals surface area (Å²) >= 11 is 0. The maximum Gasteiger partial charge on any atom is 0.271 e. The fourth-order valence-corrected chi connectivity index (χ4v) is 1.56. The van der Waals surface area contributed by atoms with Gasteiger partial charge in [-0.1, -0.05) is 6.08 Å². The lowest BCUT2D eigenvalue weighted by molar-refractivity contribution is -0.384. The molecule has 2 aromatic rings. The van der Waals surface area contributed by atoms with E-state index in [1.54, 1.807) is 6.07 Å². The van der Waals surface area contributed by atoms with E-state index in [2.05, 4.69) is 10.2 Å². The van der Waals surface area contributed by atoms with Crippen molar-refractivity contribution >= 4 is 22.7 Å². The van der Waals surface area contributed by atoms with Gasteiger partial charge in [-0.15, -0.1) is 0 Å². The van der Waals surface area contributed by atoms with Crippen LogP contribution in [0.2, 0.25) is 0 Å². The SMILES string of the molecule is NCCC=Cc1n[nH]c2cc([N+](=O)[O-])ccc12. The Balaban J connectivity index is 2.38. The third-order valence-electron chi connectivity index (χ3n) is 2.40. The van der Waals surface area contributed by atoms with Crippen LogP contribution in [0.4, 0.5) is 5.69 Å². The maximum absolute atomic E-state index is 10.6. The van der Waals surface area contributed by atoms with E-state index in [1.165, 1.54) is 12.1 Å². The third kappa shape index (κ3) is 2.31. The van der Waals surface area contributed by atoms with Crippen LogP contribution in [-0.2, 0) is 0 Å². The number of nitrogens with two attached hydrogens (primary N) is 1. The highest BCUT2D eigenvalue weighted by molar-refractivity contribution is 5.88. The van der Waals surface area contributed by atoms with Gasteiger partial charge in [0.25, 0.3) is 5.69 Å². The van der Waals surface area contributed by atoms with Crippen molar-refractivity contribution in [3.8, 4) is 0 Å². The first-order chi connectivity index (χ1) is 8.22. The summed E-state index contributed by atoms with van der Waals surface area (Å²) in [7, 11) is 0. The van der Waals surface area contributed by atoms with Gasteiger partial charge in [-0.3, -0.25) is 15.2 Å². The smallest absolute Gasteiger partial charge is 0.271 e. The summed E-state index contributed by atoms with van der Waals surface area (Å²) in [5, 5.41) is 18.3. The van der Waals surface area contributed by atoms with Crippen LogP contribution in [0, 0.1) is 10.1 Å². The third-order valence-corrected chi connectivity index (χ3v) is 2.40. The molecule has 1 aromatic heterocycles. The molecular weight excluding hydrogens is 220 g/mol. The molecule has 0 amide bonds. The van der Waals surface area contributed by atoms with E-state index in [1.807, 2.05) is 12.2 Å². The minimum Gasteiger partial charge on any atom is -0.330 e. The Labute approximate surface area is 97.3 Å². The number of H-pyrrole nitrogens is 1. The second-order valence-corrected chi connectivity index (χ2v) is 3.58. The lowest BCUT2D eigenvalue weighted by Gasteiger charge is -1.92. The molecule has 0 radical (unpaired) electrons. The number of hydrogen-bond donors (Lipinski definition) is 2. The van der Waals surface area contributed by atoms with Gasteiger partial charge in [0.1, 0.15) is 0 Å². The number of nitro benzene ring substituents is 1. The predicted molar refractivity (Wildman–Crippen MR) is 65.5 cm³/mol. The van der Waals surface area contributed by atoms with Crippen molar-refractivity contribution < 1.29 is 4.92 Å². The minimum absolute atomic E-state index is 0.0543. The Bertz CT molecular complexity index is 574. The standard InChI is InChI=1S/C11H12N4O2/c12-6-2-1-3-10-9-5-4-8(15(16)17)7-11(9)14-13-10/h1,3-5,7H,2,6,12H2,(H,13,14). The van der Waals surface area contributed by atoms with Crippen LogP contribution >= 0.6 is 0 Å². The average molecular weight is 232 g/mol. The zero-order valence-electron chi connectivity index (χ0n) is 9.09.